The summed E-state index contributed by atoms with van der Waals surface area (Å²) in [5, 5.41) is 6.95. The average Bonchev–Trinajstić information content (AvgIpc) is 2.93. The summed E-state index contributed by atoms with van der Waals surface area (Å²) in [6, 6.07) is 9.86. The molecule has 0 bridgehead atoms. The van der Waals surface area contributed by atoms with Crippen LogP contribution in [-0.4, -0.2) is 36.5 Å². The minimum atomic E-state index is -0.277. The average molecular weight is 287 g/mol. The Labute approximate surface area is 122 Å². The smallest absolute Gasteiger partial charge is 0.275 e. The first-order valence-electron chi connectivity index (χ1n) is 6.79. The zero-order chi connectivity index (χ0) is 14.8. The molecule has 0 aliphatic carbocycles. The summed E-state index contributed by atoms with van der Waals surface area (Å²) in [6.07, 6.45) is -0.277. The molecular weight excluding hydrogens is 270 g/mol. The number of rotatable bonds is 3. The van der Waals surface area contributed by atoms with Gasteiger partial charge in [-0.2, -0.15) is 5.10 Å². The molecule has 0 saturated carbocycles. The fourth-order valence-corrected chi connectivity index (χ4v) is 2.57. The van der Waals surface area contributed by atoms with E-state index in [1.54, 1.807) is 18.8 Å². The Morgan fingerprint density at radius 2 is 2.19 bits per heavy atom. The molecule has 0 saturated heterocycles. The molecule has 2 aromatic rings. The van der Waals surface area contributed by atoms with Gasteiger partial charge in [0.05, 0.1) is 20.3 Å². The standard InChI is InChI=1S/C15H17N3O3/c1-16-15(19)11-14(20-2)12-13(10-6-4-3-5-7-10)21-9-8-18(12)17-11/h3-7,13H,8-9H2,1-2H3,(H,16,19). The van der Waals surface area contributed by atoms with Crippen molar-refractivity contribution in [2.45, 2.75) is 12.6 Å². The van der Waals surface area contributed by atoms with E-state index in [0.29, 0.717) is 24.6 Å². The van der Waals surface area contributed by atoms with Gasteiger partial charge in [-0.25, -0.2) is 0 Å². The molecule has 1 aromatic heterocycles. The van der Waals surface area contributed by atoms with Crippen LogP contribution >= 0.6 is 0 Å². The van der Waals surface area contributed by atoms with Crippen LogP contribution in [0.25, 0.3) is 0 Å². The van der Waals surface area contributed by atoms with Crippen molar-refractivity contribution in [1.29, 1.82) is 0 Å². The van der Waals surface area contributed by atoms with Gasteiger partial charge in [-0.15, -0.1) is 0 Å². The summed E-state index contributed by atoms with van der Waals surface area (Å²) in [5.41, 5.74) is 2.09. The van der Waals surface area contributed by atoms with Crippen LogP contribution in [0, 0.1) is 0 Å². The molecule has 0 radical (unpaired) electrons. The number of methoxy groups -OCH3 is 1. The van der Waals surface area contributed by atoms with Crippen LogP contribution in [0.4, 0.5) is 0 Å². The highest BCUT2D eigenvalue weighted by atomic mass is 16.5. The third-order valence-electron chi connectivity index (χ3n) is 3.53. The fourth-order valence-electron chi connectivity index (χ4n) is 2.57. The number of nitrogens with one attached hydrogen (secondary N) is 1. The lowest BCUT2D eigenvalue weighted by Crippen LogP contribution is -2.23. The molecule has 1 unspecified atom stereocenters. The lowest BCUT2D eigenvalue weighted by molar-refractivity contribution is 0.0404. The largest absolute Gasteiger partial charge is 0.492 e. The third-order valence-corrected chi connectivity index (χ3v) is 3.53. The lowest BCUT2D eigenvalue weighted by Gasteiger charge is -2.25. The van der Waals surface area contributed by atoms with Gasteiger partial charge in [0, 0.05) is 7.05 Å². The van der Waals surface area contributed by atoms with Crippen LogP contribution in [0.1, 0.15) is 27.8 Å². The zero-order valence-corrected chi connectivity index (χ0v) is 12.0. The van der Waals surface area contributed by atoms with Crippen molar-refractivity contribution in [2.24, 2.45) is 0 Å². The summed E-state index contributed by atoms with van der Waals surface area (Å²) >= 11 is 0. The molecule has 21 heavy (non-hydrogen) atoms. The van der Waals surface area contributed by atoms with Gasteiger partial charge in [-0.05, 0) is 5.56 Å². The van der Waals surface area contributed by atoms with Crippen molar-refractivity contribution in [1.82, 2.24) is 15.1 Å². The first-order chi connectivity index (χ1) is 10.3. The quantitative estimate of drug-likeness (QED) is 0.926. The van der Waals surface area contributed by atoms with Crippen LogP contribution in [0.15, 0.2) is 30.3 Å². The minimum absolute atomic E-state index is 0.263. The fraction of sp³-hybridized carbons (Fsp3) is 0.333. The molecule has 6 heteroatoms. The Morgan fingerprint density at radius 1 is 1.43 bits per heavy atom. The number of hydrogen-bond donors (Lipinski definition) is 1. The predicted molar refractivity (Wildman–Crippen MR) is 76.4 cm³/mol. The molecule has 3 rings (SSSR count). The van der Waals surface area contributed by atoms with E-state index in [4.69, 9.17) is 9.47 Å². The summed E-state index contributed by atoms with van der Waals surface area (Å²) in [6.45, 7) is 1.15. The first-order valence-corrected chi connectivity index (χ1v) is 6.79. The zero-order valence-electron chi connectivity index (χ0n) is 12.0. The second-order valence-electron chi connectivity index (χ2n) is 4.73. The maximum atomic E-state index is 11.9. The minimum Gasteiger partial charge on any atom is -0.492 e. The number of amides is 1. The van der Waals surface area contributed by atoms with Gasteiger partial charge in [-0.1, -0.05) is 30.3 Å². The van der Waals surface area contributed by atoms with Gasteiger partial charge in [-0.3, -0.25) is 9.48 Å². The number of hydrogen-bond acceptors (Lipinski definition) is 4. The second-order valence-corrected chi connectivity index (χ2v) is 4.73. The molecule has 110 valence electrons. The number of benzene rings is 1. The van der Waals surface area contributed by atoms with E-state index in [1.165, 1.54) is 0 Å². The van der Waals surface area contributed by atoms with Crippen LogP contribution in [0.2, 0.25) is 0 Å². The Kier molecular flexibility index (Phi) is 3.62. The van der Waals surface area contributed by atoms with E-state index >= 15 is 0 Å². The summed E-state index contributed by atoms with van der Waals surface area (Å²) < 4.78 is 13.1. The summed E-state index contributed by atoms with van der Waals surface area (Å²) in [5.74, 6) is 0.212. The normalized spacial score (nSPS) is 17.1. The molecule has 1 amide bonds. The van der Waals surface area contributed by atoms with Crippen molar-refractivity contribution in [2.75, 3.05) is 20.8 Å². The van der Waals surface area contributed by atoms with E-state index < -0.39 is 0 Å². The molecule has 1 N–H and O–H groups in total. The monoisotopic (exact) mass is 287 g/mol. The molecule has 0 fully saturated rings. The highest BCUT2D eigenvalue weighted by Gasteiger charge is 2.32. The third kappa shape index (κ3) is 2.27. The van der Waals surface area contributed by atoms with E-state index in [2.05, 4.69) is 10.4 Å². The maximum absolute atomic E-state index is 11.9. The van der Waals surface area contributed by atoms with E-state index in [0.717, 1.165) is 11.3 Å². The molecule has 1 aliphatic heterocycles. The van der Waals surface area contributed by atoms with Crippen molar-refractivity contribution < 1.29 is 14.3 Å². The lowest BCUT2D eigenvalue weighted by atomic mass is 10.0. The van der Waals surface area contributed by atoms with E-state index in [1.807, 2.05) is 30.3 Å². The second kappa shape index (κ2) is 5.57. The molecule has 2 heterocycles. The summed E-state index contributed by atoms with van der Waals surface area (Å²) in [4.78, 5) is 11.9. The number of carbonyl (C=O) groups is 1. The molecule has 1 atom stereocenters. The highest BCUT2D eigenvalue weighted by molar-refractivity contribution is 5.95. The van der Waals surface area contributed by atoms with Crippen LogP contribution in [0.3, 0.4) is 0 Å². The van der Waals surface area contributed by atoms with Crippen LogP contribution in [0.5, 0.6) is 5.75 Å². The molecule has 1 aliphatic rings. The SMILES string of the molecule is CNC(=O)c1nn2c(c1OC)C(c1ccccc1)OCC2. The van der Waals surface area contributed by atoms with Crippen molar-refractivity contribution >= 4 is 5.91 Å². The Morgan fingerprint density at radius 3 is 2.86 bits per heavy atom. The number of carbonyl (C=O) groups excluding carboxylic acids is 1. The molecule has 0 spiro atoms. The van der Waals surface area contributed by atoms with Crippen molar-refractivity contribution in [3.05, 3.63) is 47.3 Å². The maximum Gasteiger partial charge on any atom is 0.275 e. The molecule has 6 nitrogen and oxygen atoms in total. The summed E-state index contributed by atoms with van der Waals surface area (Å²) in [7, 11) is 3.12. The highest BCUT2D eigenvalue weighted by Crippen LogP contribution is 2.37. The number of nitrogens with zero attached hydrogens (tertiary/aromatic N) is 2. The van der Waals surface area contributed by atoms with Gasteiger partial charge in [0.15, 0.2) is 11.4 Å². The van der Waals surface area contributed by atoms with Gasteiger partial charge in [0.2, 0.25) is 0 Å². The topological polar surface area (TPSA) is 65.4 Å². The molecule has 1 aromatic carbocycles. The van der Waals surface area contributed by atoms with Crippen LogP contribution < -0.4 is 10.1 Å². The Balaban J connectivity index is 2.12. The van der Waals surface area contributed by atoms with Crippen LogP contribution in [-0.2, 0) is 11.3 Å². The number of fused-ring (bicyclic) bond motifs is 1. The van der Waals surface area contributed by atoms with Crippen molar-refractivity contribution in [3.63, 3.8) is 0 Å². The van der Waals surface area contributed by atoms with Gasteiger partial charge in [0.1, 0.15) is 11.8 Å². The first kappa shape index (κ1) is 13.6. The van der Waals surface area contributed by atoms with Crippen molar-refractivity contribution in [3.8, 4) is 5.75 Å². The Bertz CT molecular complexity index is 652. The predicted octanol–water partition coefficient (Wildman–Crippen LogP) is 1.37. The van der Waals surface area contributed by atoms with Gasteiger partial charge >= 0.3 is 0 Å². The van der Waals surface area contributed by atoms with Gasteiger partial charge < -0.3 is 14.8 Å². The Hall–Kier alpha value is -2.34. The number of ether oxygens (including phenoxy) is 2. The van der Waals surface area contributed by atoms with Gasteiger partial charge in [0.25, 0.3) is 5.91 Å². The van der Waals surface area contributed by atoms with E-state index in [9.17, 15) is 4.79 Å². The number of aromatic nitrogens is 2. The molecular formula is C15H17N3O3. The van der Waals surface area contributed by atoms with E-state index in [-0.39, 0.29) is 12.0 Å².